The second kappa shape index (κ2) is 6.10. The van der Waals surface area contributed by atoms with Crippen molar-refractivity contribution < 1.29 is 14.7 Å². The molecule has 0 bridgehead atoms. The molecule has 1 amide bonds. The van der Waals surface area contributed by atoms with Gasteiger partial charge >= 0.3 is 5.97 Å². The Bertz CT molecular complexity index is 555. The second-order valence-electron chi connectivity index (χ2n) is 3.88. The molecule has 0 saturated heterocycles. The molecule has 0 fully saturated rings. The summed E-state index contributed by atoms with van der Waals surface area (Å²) in [6, 6.07) is 8.83. The van der Waals surface area contributed by atoms with Crippen molar-refractivity contribution in [2.45, 2.75) is 5.92 Å². The van der Waals surface area contributed by atoms with Crippen molar-refractivity contribution >= 4 is 23.2 Å². The molecule has 5 nitrogen and oxygen atoms in total. The Morgan fingerprint density at radius 1 is 1.32 bits per heavy atom. The van der Waals surface area contributed by atoms with Gasteiger partial charge < -0.3 is 10.4 Å². The molecule has 2 aromatic rings. The van der Waals surface area contributed by atoms with Crippen molar-refractivity contribution in [3.63, 3.8) is 0 Å². The van der Waals surface area contributed by atoms with Crippen LogP contribution in [-0.4, -0.2) is 28.5 Å². The average Bonchev–Trinajstić information content (AvgIpc) is 2.93. The molecule has 98 valence electrons. The van der Waals surface area contributed by atoms with E-state index in [2.05, 4.69) is 10.3 Å². The van der Waals surface area contributed by atoms with Crippen molar-refractivity contribution in [1.82, 2.24) is 10.3 Å². The lowest BCUT2D eigenvalue weighted by Crippen LogP contribution is -2.31. The average molecular weight is 276 g/mol. The summed E-state index contributed by atoms with van der Waals surface area (Å²) in [5, 5.41) is 11.8. The molecule has 2 rings (SSSR count). The summed E-state index contributed by atoms with van der Waals surface area (Å²) >= 11 is 1.22. The first-order chi connectivity index (χ1) is 9.18. The van der Waals surface area contributed by atoms with E-state index in [1.807, 2.05) is 6.07 Å². The highest BCUT2D eigenvalue weighted by Crippen LogP contribution is 2.15. The molecular weight excluding hydrogens is 264 g/mol. The van der Waals surface area contributed by atoms with Crippen molar-refractivity contribution in [3.05, 3.63) is 52.5 Å². The lowest BCUT2D eigenvalue weighted by molar-refractivity contribution is -0.138. The van der Waals surface area contributed by atoms with Crippen LogP contribution in [0.5, 0.6) is 0 Å². The molecule has 19 heavy (non-hydrogen) atoms. The zero-order valence-electron chi connectivity index (χ0n) is 9.95. The van der Waals surface area contributed by atoms with E-state index in [1.165, 1.54) is 17.5 Å². The van der Waals surface area contributed by atoms with E-state index >= 15 is 0 Å². The van der Waals surface area contributed by atoms with Crippen LogP contribution in [0, 0.1) is 0 Å². The van der Waals surface area contributed by atoms with Gasteiger partial charge in [-0.2, -0.15) is 0 Å². The van der Waals surface area contributed by atoms with E-state index in [9.17, 15) is 14.7 Å². The molecule has 0 aliphatic rings. The first-order valence-electron chi connectivity index (χ1n) is 5.63. The molecule has 1 unspecified atom stereocenters. The number of hydrogen-bond donors (Lipinski definition) is 2. The molecule has 1 heterocycles. The number of aliphatic carboxylic acids is 1. The molecule has 1 aromatic heterocycles. The molecule has 0 radical (unpaired) electrons. The van der Waals surface area contributed by atoms with Gasteiger partial charge in [-0.15, -0.1) is 11.3 Å². The third-order valence-corrected chi connectivity index (χ3v) is 3.39. The zero-order valence-corrected chi connectivity index (χ0v) is 10.8. The second-order valence-corrected chi connectivity index (χ2v) is 4.76. The van der Waals surface area contributed by atoms with Gasteiger partial charge in [0.2, 0.25) is 0 Å². The van der Waals surface area contributed by atoms with Gasteiger partial charge in [0.15, 0.2) is 0 Å². The van der Waals surface area contributed by atoms with Crippen molar-refractivity contribution in [1.29, 1.82) is 0 Å². The number of nitrogens with zero attached hydrogens (tertiary/aromatic N) is 1. The van der Waals surface area contributed by atoms with Gasteiger partial charge in [0.1, 0.15) is 4.88 Å². The summed E-state index contributed by atoms with van der Waals surface area (Å²) in [4.78, 5) is 27.2. The summed E-state index contributed by atoms with van der Waals surface area (Å²) in [5.41, 5.74) is 2.22. The minimum absolute atomic E-state index is 0.0517. The molecule has 6 heteroatoms. The Kier molecular flexibility index (Phi) is 4.25. The van der Waals surface area contributed by atoms with Crippen LogP contribution in [0.1, 0.15) is 21.2 Å². The summed E-state index contributed by atoms with van der Waals surface area (Å²) < 4.78 is 0. The Balaban J connectivity index is 2.03. The third kappa shape index (κ3) is 3.38. The first kappa shape index (κ1) is 13.2. The van der Waals surface area contributed by atoms with Gasteiger partial charge in [0.25, 0.3) is 5.91 Å². The number of amides is 1. The van der Waals surface area contributed by atoms with E-state index in [1.54, 1.807) is 29.8 Å². The molecule has 0 aliphatic heterocycles. The number of carboxylic acids is 1. The molecule has 0 aliphatic carbocycles. The van der Waals surface area contributed by atoms with E-state index in [0.717, 1.165) is 0 Å². The molecular formula is C13H12N2O3S. The summed E-state index contributed by atoms with van der Waals surface area (Å²) in [6.45, 7) is 0.0517. The summed E-state index contributed by atoms with van der Waals surface area (Å²) in [5.74, 6) is -2.02. The van der Waals surface area contributed by atoms with Crippen molar-refractivity contribution in [3.8, 4) is 0 Å². The number of carboxylic acid groups (broad SMARTS) is 1. The van der Waals surface area contributed by atoms with Crippen LogP contribution in [0.15, 0.2) is 42.0 Å². The third-order valence-electron chi connectivity index (χ3n) is 2.62. The fourth-order valence-electron chi connectivity index (χ4n) is 1.64. The number of hydrogen-bond acceptors (Lipinski definition) is 4. The molecule has 1 aromatic carbocycles. The predicted molar refractivity (Wildman–Crippen MR) is 71.3 cm³/mol. The fourth-order valence-corrected chi connectivity index (χ4v) is 2.18. The Hall–Kier alpha value is -2.21. The van der Waals surface area contributed by atoms with Gasteiger partial charge in [-0.3, -0.25) is 14.6 Å². The molecule has 0 spiro atoms. The highest BCUT2D eigenvalue weighted by molar-refractivity contribution is 7.11. The fraction of sp³-hybridized carbons (Fsp3) is 0.154. The topological polar surface area (TPSA) is 79.3 Å². The summed E-state index contributed by atoms with van der Waals surface area (Å²) in [7, 11) is 0. The van der Waals surface area contributed by atoms with E-state index in [-0.39, 0.29) is 12.5 Å². The number of nitrogens with one attached hydrogen (secondary N) is 1. The highest BCUT2D eigenvalue weighted by Gasteiger charge is 2.20. The normalized spacial score (nSPS) is 11.8. The first-order valence-corrected chi connectivity index (χ1v) is 6.51. The molecule has 0 saturated carbocycles. The predicted octanol–water partition coefficient (Wildman–Crippen LogP) is 1.74. The van der Waals surface area contributed by atoms with Crippen molar-refractivity contribution in [2.24, 2.45) is 0 Å². The monoisotopic (exact) mass is 276 g/mol. The van der Waals surface area contributed by atoms with Crippen LogP contribution in [0.2, 0.25) is 0 Å². The minimum atomic E-state index is -0.962. The largest absolute Gasteiger partial charge is 0.481 e. The molecule has 1 atom stereocenters. The number of thiazole rings is 1. The number of benzene rings is 1. The number of carbonyl (C=O) groups is 2. The maximum absolute atomic E-state index is 11.7. The van der Waals surface area contributed by atoms with Gasteiger partial charge in [0.05, 0.1) is 17.6 Å². The Morgan fingerprint density at radius 3 is 2.63 bits per heavy atom. The van der Waals surface area contributed by atoms with Crippen LogP contribution in [0.4, 0.5) is 0 Å². The lowest BCUT2D eigenvalue weighted by Gasteiger charge is -2.13. The standard InChI is InChI=1S/C13H12N2O3S/c16-12(11-7-14-8-19-11)15-6-10(13(17)18)9-4-2-1-3-5-9/h1-5,7-8,10H,6H2,(H,15,16)(H,17,18). The van der Waals surface area contributed by atoms with E-state index in [4.69, 9.17) is 0 Å². The van der Waals surface area contributed by atoms with Crippen molar-refractivity contribution in [2.75, 3.05) is 6.54 Å². The minimum Gasteiger partial charge on any atom is -0.481 e. The number of rotatable bonds is 5. The lowest BCUT2D eigenvalue weighted by atomic mass is 9.99. The number of aromatic nitrogens is 1. The maximum atomic E-state index is 11.7. The Labute approximate surface area is 113 Å². The van der Waals surface area contributed by atoms with Crippen LogP contribution >= 0.6 is 11.3 Å². The zero-order chi connectivity index (χ0) is 13.7. The van der Waals surface area contributed by atoms with E-state index < -0.39 is 11.9 Å². The van der Waals surface area contributed by atoms with Crippen LogP contribution in [0.3, 0.4) is 0 Å². The number of carbonyl (C=O) groups excluding carboxylic acids is 1. The van der Waals surface area contributed by atoms with E-state index in [0.29, 0.717) is 10.4 Å². The SMILES string of the molecule is O=C(NCC(C(=O)O)c1ccccc1)c1cncs1. The van der Waals surface area contributed by atoms with Crippen LogP contribution < -0.4 is 5.32 Å². The van der Waals surface area contributed by atoms with Gasteiger partial charge in [-0.25, -0.2) is 0 Å². The summed E-state index contributed by atoms with van der Waals surface area (Å²) in [6.07, 6.45) is 1.46. The maximum Gasteiger partial charge on any atom is 0.312 e. The highest BCUT2D eigenvalue weighted by atomic mass is 32.1. The molecule has 2 N–H and O–H groups in total. The quantitative estimate of drug-likeness (QED) is 0.871. The van der Waals surface area contributed by atoms with Gasteiger partial charge in [0, 0.05) is 6.54 Å². The smallest absolute Gasteiger partial charge is 0.312 e. The Morgan fingerprint density at radius 2 is 2.05 bits per heavy atom. The van der Waals surface area contributed by atoms with Crippen LogP contribution in [-0.2, 0) is 4.79 Å². The van der Waals surface area contributed by atoms with Crippen LogP contribution in [0.25, 0.3) is 0 Å². The van der Waals surface area contributed by atoms with Gasteiger partial charge in [-0.1, -0.05) is 30.3 Å². The van der Waals surface area contributed by atoms with Gasteiger partial charge in [-0.05, 0) is 5.56 Å².